The molecule has 1 aliphatic heterocycles. The number of methoxy groups -OCH3 is 2. The van der Waals surface area contributed by atoms with Gasteiger partial charge in [0.05, 0.1) is 14.2 Å². The maximum Gasteiger partial charge on any atom is 0.413 e. The Labute approximate surface area is 158 Å². The van der Waals surface area contributed by atoms with Crippen LogP contribution in [-0.2, 0) is 16.8 Å². The van der Waals surface area contributed by atoms with E-state index < -0.39 is 17.4 Å². The number of carbonyl (C=O) groups excluding carboxylic acids is 1. The summed E-state index contributed by atoms with van der Waals surface area (Å²) in [6.07, 6.45) is 3.19. The zero-order valence-electron chi connectivity index (χ0n) is 15.9. The molecule has 1 aromatic heterocycles. The van der Waals surface area contributed by atoms with Crippen molar-refractivity contribution < 1.29 is 24.1 Å². The predicted molar refractivity (Wildman–Crippen MR) is 98.6 cm³/mol. The summed E-state index contributed by atoms with van der Waals surface area (Å²) in [5.74, 6) is 1.25. The third kappa shape index (κ3) is 3.19. The average molecular weight is 372 g/mol. The van der Waals surface area contributed by atoms with Crippen LogP contribution in [0.15, 0.2) is 42.7 Å². The van der Waals surface area contributed by atoms with Crippen LogP contribution in [0.4, 0.5) is 4.79 Å². The summed E-state index contributed by atoms with van der Waals surface area (Å²) in [5.41, 5.74) is -1.15. The van der Waals surface area contributed by atoms with E-state index in [0.29, 0.717) is 23.5 Å². The van der Waals surface area contributed by atoms with Gasteiger partial charge in [-0.25, -0.2) is 4.79 Å². The lowest BCUT2D eigenvalue weighted by Gasteiger charge is -2.37. The van der Waals surface area contributed by atoms with Crippen LogP contribution >= 0.6 is 0 Å². The lowest BCUT2D eigenvalue weighted by Crippen LogP contribution is -2.53. The van der Waals surface area contributed by atoms with Gasteiger partial charge in [-0.05, 0) is 44.0 Å². The number of amides is 1. The predicted octanol–water partition coefficient (Wildman–Crippen LogP) is 2.72. The van der Waals surface area contributed by atoms with Gasteiger partial charge < -0.3 is 19.3 Å². The number of hydrogen-bond donors (Lipinski definition) is 1. The lowest BCUT2D eigenvalue weighted by atomic mass is 9.86. The van der Waals surface area contributed by atoms with E-state index in [2.05, 4.69) is 4.98 Å². The molecule has 27 heavy (non-hydrogen) atoms. The summed E-state index contributed by atoms with van der Waals surface area (Å²) >= 11 is 0. The van der Waals surface area contributed by atoms with Gasteiger partial charge in [-0.2, -0.15) is 0 Å². The van der Waals surface area contributed by atoms with E-state index in [1.54, 1.807) is 52.6 Å². The third-order valence-electron chi connectivity index (χ3n) is 5.23. The quantitative estimate of drug-likeness (QED) is 0.840. The Balaban J connectivity index is 1.80. The first kappa shape index (κ1) is 19.0. The second kappa shape index (κ2) is 7.08. The summed E-state index contributed by atoms with van der Waals surface area (Å²) < 4.78 is 16.1. The van der Waals surface area contributed by atoms with Gasteiger partial charge >= 0.3 is 6.09 Å². The van der Waals surface area contributed by atoms with Gasteiger partial charge in [0.15, 0.2) is 22.8 Å². The SMILES string of the molecule is COc1ccc(CCN2C(=O)O[C@](C)(c3cccnc3)[C@@]2(C)O)cc1OC. The molecule has 1 aromatic carbocycles. The molecular weight excluding hydrogens is 348 g/mol. The highest BCUT2D eigenvalue weighted by atomic mass is 16.6. The van der Waals surface area contributed by atoms with Crippen LogP contribution in [-0.4, -0.2) is 47.6 Å². The fourth-order valence-electron chi connectivity index (χ4n) is 3.33. The van der Waals surface area contributed by atoms with E-state index in [-0.39, 0.29) is 6.54 Å². The molecular formula is C20H24N2O5. The minimum atomic E-state index is -1.52. The molecule has 3 rings (SSSR count). The highest BCUT2D eigenvalue weighted by Crippen LogP contribution is 2.44. The van der Waals surface area contributed by atoms with E-state index in [4.69, 9.17) is 14.2 Å². The van der Waals surface area contributed by atoms with Crippen LogP contribution in [0.5, 0.6) is 11.5 Å². The maximum absolute atomic E-state index is 12.5. The molecule has 1 aliphatic rings. The number of hydrogen-bond acceptors (Lipinski definition) is 6. The molecule has 0 bridgehead atoms. The van der Waals surface area contributed by atoms with Gasteiger partial charge in [0.2, 0.25) is 0 Å². The van der Waals surface area contributed by atoms with Crippen LogP contribution in [0.1, 0.15) is 25.0 Å². The van der Waals surface area contributed by atoms with Gasteiger partial charge in [0.25, 0.3) is 0 Å². The molecule has 0 unspecified atom stereocenters. The van der Waals surface area contributed by atoms with E-state index in [1.807, 2.05) is 18.2 Å². The van der Waals surface area contributed by atoms with Crippen LogP contribution in [0.3, 0.4) is 0 Å². The van der Waals surface area contributed by atoms with Crippen molar-refractivity contribution in [2.24, 2.45) is 0 Å². The lowest BCUT2D eigenvalue weighted by molar-refractivity contribution is -0.140. The van der Waals surface area contributed by atoms with Crippen molar-refractivity contribution in [2.45, 2.75) is 31.6 Å². The van der Waals surface area contributed by atoms with Crippen LogP contribution in [0.2, 0.25) is 0 Å². The molecule has 2 heterocycles. The number of cyclic esters (lactones) is 1. The molecule has 1 fully saturated rings. The van der Waals surface area contributed by atoms with E-state index in [1.165, 1.54) is 4.90 Å². The van der Waals surface area contributed by atoms with Crippen molar-refractivity contribution in [3.8, 4) is 11.5 Å². The summed E-state index contributed by atoms with van der Waals surface area (Å²) in [4.78, 5) is 17.9. The molecule has 1 saturated heterocycles. The fraction of sp³-hybridized carbons (Fsp3) is 0.400. The first-order valence-electron chi connectivity index (χ1n) is 8.68. The van der Waals surface area contributed by atoms with Gasteiger partial charge in [-0.1, -0.05) is 12.1 Å². The summed E-state index contributed by atoms with van der Waals surface area (Å²) in [6, 6.07) is 9.10. The number of ether oxygens (including phenoxy) is 3. The number of benzene rings is 1. The molecule has 2 aromatic rings. The second-order valence-corrected chi connectivity index (χ2v) is 6.75. The maximum atomic E-state index is 12.5. The van der Waals surface area contributed by atoms with Crippen LogP contribution < -0.4 is 9.47 Å². The number of nitrogens with zero attached hydrogens (tertiary/aromatic N) is 2. The smallest absolute Gasteiger partial charge is 0.413 e. The molecule has 1 amide bonds. The first-order valence-corrected chi connectivity index (χ1v) is 8.68. The molecule has 0 aliphatic carbocycles. The van der Waals surface area contributed by atoms with Crippen molar-refractivity contribution in [2.75, 3.05) is 20.8 Å². The molecule has 2 atom stereocenters. The Hall–Kier alpha value is -2.80. The zero-order chi connectivity index (χ0) is 19.7. The van der Waals surface area contributed by atoms with Gasteiger partial charge in [-0.15, -0.1) is 0 Å². The van der Waals surface area contributed by atoms with E-state index in [0.717, 1.165) is 5.56 Å². The summed E-state index contributed by atoms with van der Waals surface area (Å²) in [6.45, 7) is 3.56. The van der Waals surface area contributed by atoms with Gasteiger partial charge in [0, 0.05) is 24.5 Å². The Bertz CT molecular complexity index is 824. The summed E-state index contributed by atoms with van der Waals surface area (Å²) in [5, 5.41) is 11.2. The molecule has 1 N–H and O–H groups in total. The normalized spacial score (nSPS) is 24.6. The van der Waals surface area contributed by atoms with Crippen molar-refractivity contribution >= 4 is 6.09 Å². The van der Waals surface area contributed by atoms with Crippen molar-refractivity contribution in [1.82, 2.24) is 9.88 Å². The van der Waals surface area contributed by atoms with Crippen molar-refractivity contribution in [1.29, 1.82) is 0 Å². The zero-order valence-corrected chi connectivity index (χ0v) is 15.9. The van der Waals surface area contributed by atoms with Crippen LogP contribution in [0, 0.1) is 0 Å². The van der Waals surface area contributed by atoms with Gasteiger partial charge in [-0.3, -0.25) is 9.88 Å². The van der Waals surface area contributed by atoms with Crippen LogP contribution in [0.25, 0.3) is 0 Å². The molecule has 0 radical (unpaired) electrons. The Kier molecular flexibility index (Phi) is 4.97. The minimum absolute atomic E-state index is 0.289. The first-order chi connectivity index (χ1) is 12.8. The molecule has 144 valence electrons. The van der Waals surface area contributed by atoms with Crippen molar-refractivity contribution in [3.05, 3.63) is 53.9 Å². The number of carbonyl (C=O) groups is 1. The van der Waals surface area contributed by atoms with E-state index in [9.17, 15) is 9.90 Å². The van der Waals surface area contributed by atoms with E-state index >= 15 is 0 Å². The number of pyridine rings is 1. The monoisotopic (exact) mass is 372 g/mol. The molecule has 7 heteroatoms. The highest BCUT2D eigenvalue weighted by Gasteiger charge is 2.60. The fourth-order valence-corrected chi connectivity index (χ4v) is 3.33. The third-order valence-corrected chi connectivity index (χ3v) is 5.23. The highest BCUT2D eigenvalue weighted by molar-refractivity contribution is 5.72. The molecule has 0 spiro atoms. The number of aliphatic hydroxyl groups is 1. The standard InChI is InChI=1S/C20H24N2O5/c1-19(15-6-5-10-21-13-15)20(2,24)22(18(23)27-19)11-9-14-7-8-16(25-3)17(12-14)26-4/h5-8,10,12-13,24H,9,11H2,1-4H3/t19-,20-/m1/s1. The van der Waals surface area contributed by atoms with Crippen molar-refractivity contribution in [3.63, 3.8) is 0 Å². The Morgan fingerprint density at radius 3 is 2.56 bits per heavy atom. The second-order valence-electron chi connectivity index (χ2n) is 6.75. The minimum Gasteiger partial charge on any atom is -0.493 e. The topological polar surface area (TPSA) is 81.1 Å². The Morgan fingerprint density at radius 1 is 1.19 bits per heavy atom. The number of rotatable bonds is 6. The average Bonchev–Trinajstić information content (AvgIpc) is 2.85. The summed E-state index contributed by atoms with van der Waals surface area (Å²) in [7, 11) is 3.15. The molecule has 0 saturated carbocycles. The number of aromatic nitrogens is 1. The largest absolute Gasteiger partial charge is 0.493 e. The van der Waals surface area contributed by atoms with Gasteiger partial charge in [0.1, 0.15) is 0 Å². The Morgan fingerprint density at radius 2 is 1.93 bits per heavy atom. The molecule has 7 nitrogen and oxygen atoms in total.